The third-order valence-corrected chi connectivity index (χ3v) is 2.61. The quantitative estimate of drug-likeness (QED) is 0.519. The molecule has 3 heteroatoms. The lowest BCUT2D eigenvalue weighted by Gasteiger charge is -2.07. The van der Waals surface area contributed by atoms with Crippen LogP contribution in [0.4, 0.5) is 0 Å². The second-order valence-corrected chi connectivity index (χ2v) is 4.16. The molecular weight excluding hydrogens is 228 g/mol. The zero-order valence-corrected chi connectivity index (χ0v) is 11.3. The molecule has 0 bridgehead atoms. The van der Waals surface area contributed by atoms with Crippen molar-refractivity contribution in [1.29, 1.82) is 0 Å². The molecule has 1 aromatic rings. The van der Waals surface area contributed by atoms with Gasteiger partial charge in [-0.05, 0) is 31.5 Å². The van der Waals surface area contributed by atoms with Crippen LogP contribution in [0.3, 0.4) is 0 Å². The van der Waals surface area contributed by atoms with Crippen LogP contribution in [0.1, 0.15) is 49.9 Å². The van der Waals surface area contributed by atoms with Crippen molar-refractivity contribution < 1.29 is 14.3 Å². The Morgan fingerprint density at radius 3 is 2.72 bits per heavy atom. The molecule has 0 aliphatic rings. The van der Waals surface area contributed by atoms with Gasteiger partial charge in [0.15, 0.2) is 0 Å². The van der Waals surface area contributed by atoms with Crippen LogP contribution < -0.4 is 4.74 Å². The second-order valence-electron chi connectivity index (χ2n) is 4.16. The SMILES string of the molecule is CCCCCCOC(=O)c1cccc(OCC)c1. The number of hydrogen-bond donors (Lipinski definition) is 0. The first-order valence-electron chi connectivity index (χ1n) is 6.68. The maximum Gasteiger partial charge on any atom is 0.338 e. The zero-order chi connectivity index (χ0) is 13.2. The minimum atomic E-state index is -0.270. The summed E-state index contributed by atoms with van der Waals surface area (Å²) in [6.45, 7) is 5.16. The van der Waals surface area contributed by atoms with E-state index in [2.05, 4.69) is 6.92 Å². The fraction of sp³-hybridized carbons (Fsp3) is 0.533. The number of carbonyl (C=O) groups excluding carboxylic acids is 1. The molecule has 3 nitrogen and oxygen atoms in total. The van der Waals surface area contributed by atoms with Crippen molar-refractivity contribution in [2.75, 3.05) is 13.2 Å². The summed E-state index contributed by atoms with van der Waals surface area (Å²) in [4.78, 5) is 11.8. The van der Waals surface area contributed by atoms with Crippen molar-refractivity contribution >= 4 is 5.97 Å². The Labute approximate surface area is 109 Å². The van der Waals surface area contributed by atoms with Crippen LogP contribution in [0.5, 0.6) is 5.75 Å². The number of benzene rings is 1. The molecule has 100 valence electrons. The Hall–Kier alpha value is -1.51. The van der Waals surface area contributed by atoms with Crippen LogP contribution in [-0.2, 0) is 4.74 Å². The number of hydrogen-bond acceptors (Lipinski definition) is 3. The van der Waals surface area contributed by atoms with E-state index in [1.54, 1.807) is 18.2 Å². The van der Waals surface area contributed by atoms with E-state index in [4.69, 9.17) is 9.47 Å². The normalized spacial score (nSPS) is 10.1. The van der Waals surface area contributed by atoms with Gasteiger partial charge in [-0.2, -0.15) is 0 Å². The second kappa shape index (κ2) is 8.56. The highest BCUT2D eigenvalue weighted by Crippen LogP contribution is 2.14. The van der Waals surface area contributed by atoms with E-state index in [0.29, 0.717) is 24.5 Å². The summed E-state index contributed by atoms with van der Waals surface area (Å²) < 4.78 is 10.6. The van der Waals surface area contributed by atoms with Gasteiger partial charge in [0.25, 0.3) is 0 Å². The number of esters is 1. The largest absolute Gasteiger partial charge is 0.494 e. The first kappa shape index (κ1) is 14.6. The summed E-state index contributed by atoms with van der Waals surface area (Å²) in [6.07, 6.45) is 4.43. The molecule has 0 aromatic heterocycles. The Bertz CT molecular complexity index is 361. The van der Waals surface area contributed by atoms with E-state index in [1.807, 2.05) is 13.0 Å². The summed E-state index contributed by atoms with van der Waals surface area (Å²) in [5.41, 5.74) is 0.552. The molecule has 0 spiro atoms. The van der Waals surface area contributed by atoms with Gasteiger partial charge >= 0.3 is 5.97 Å². The highest BCUT2D eigenvalue weighted by atomic mass is 16.5. The van der Waals surface area contributed by atoms with Gasteiger partial charge in [-0.15, -0.1) is 0 Å². The highest BCUT2D eigenvalue weighted by Gasteiger charge is 2.07. The lowest BCUT2D eigenvalue weighted by Crippen LogP contribution is -2.06. The first-order chi connectivity index (χ1) is 8.77. The van der Waals surface area contributed by atoms with E-state index < -0.39 is 0 Å². The summed E-state index contributed by atoms with van der Waals surface area (Å²) in [5.74, 6) is 0.436. The molecule has 0 aliphatic carbocycles. The minimum absolute atomic E-state index is 0.270. The summed E-state index contributed by atoms with van der Waals surface area (Å²) in [6, 6.07) is 7.11. The van der Waals surface area contributed by atoms with Crippen molar-refractivity contribution in [3.05, 3.63) is 29.8 Å². The van der Waals surface area contributed by atoms with E-state index in [1.165, 1.54) is 12.8 Å². The van der Waals surface area contributed by atoms with Gasteiger partial charge in [0, 0.05) is 0 Å². The lowest BCUT2D eigenvalue weighted by molar-refractivity contribution is 0.0497. The zero-order valence-electron chi connectivity index (χ0n) is 11.3. The fourth-order valence-corrected chi connectivity index (χ4v) is 1.66. The van der Waals surface area contributed by atoms with Crippen LogP contribution in [0.15, 0.2) is 24.3 Å². The predicted octanol–water partition coefficient (Wildman–Crippen LogP) is 3.82. The Balaban J connectivity index is 2.38. The molecule has 0 aliphatic heterocycles. The van der Waals surface area contributed by atoms with Crippen LogP contribution in [0.2, 0.25) is 0 Å². The Morgan fingerprint density at radius 2 is 2.00 bits per heavy atom. The lowest BCUT2D eigenvalue weighted by atomic mass is 10.2. The van der Waals surface area contributed by atoms with Crippen LogP contribution in [-0.4, -0.2) is 19.2 Å². The topological polar surface area (TPSA) is 35.5 Å². The van der Waals surface area contributed by atoms with Gasteiger partial charge in [-0.3, -0.25) is 0 Å². The van der Waals surface area contributed by atoms with Gasteiger partial charge in [0.05, 0.1) is 18.8 Å². The standard InChI is InChI=1S/C15H22O3/c1-3-5-6-7-11-18-15(16)13-9-8-10-14(12-13)17-4-2/h8-10,12H,3-7,11H2,1-2H3. The smallest absolute Gasteiger partial charge is 0.338 e. The predicted molar refractivity (Wildman–Crippen MR) is 72.0 cm³/mol. The number of rotatable bonds is 8. The number of ether oxygens (including phenoxy) is 2. The molecule has 0 amide bonds. The van der Waals surface area contributed by atoms with Crippen LogP contribution >= 0.6 is 0 Å². The average molecular weight is 250 g/mol. The molecule has 0 radical (unpaired) electrons. The van der Waals surface area contributed by atoms with Crippen molar-refractivity contribution in [2.24, 2.45) is 0 Å². The van der Waals surface area contributed by atoms with Crippen LogP contribution in [0, 0.1) is 0 Å². The maximum atomic E-state index is 11.8. The monoisotopic (exact) mass is 250 g/mol. The molecule has 0 saturated carbocycles. The van der Waals surface area contributed by atoms with Crippen molar-refractivity contribution in [3.8, 4) is 5.75 Å². The molecule has 18 heavy (non-hydrogen) atoms. The van der Waals surface area contributed by atoms with Gasteiger partial charge < -0.3 is 9.47 Å². The fourth-order valence-electron chi connectivity index (χ4n) is 1.66. The molecule has 1 rings (SSSR count). The van der Waals surface area contributed by atoms with Gasteiger partial charge in [0.1, 0.15) is 5.75 Å². The minimum Gasteiger partial charge on any atom is -0.494 e. The van der Waals surface area contributed by atoms with Crippen molar-refractivity contribution in [1.82, 2.24) is 0 Å². The maximum absolute atomic E-state index is 11.8. The average Bonchev–Trinajstić information content (AvgIpc) is 2.39. The number of carbonyl (C=O) groups is 1. The molecule has 0 unspecified atom stereocenters. The molecule has 0 heterocycles. The summed E-state index contributed by atoms with van der Waals surface area (Å²) >= 11 is 0. The highest BCUT2D eigenvalue weighted by molar-refractivity contribution is 5.89. The third-order valence-electron chi connectivity index (χ3n) is 2.61. The summed E-state index contributed by atoms with van der Waals surface area (Å²) in [5, 5.41) is 0. The number of unbranched alkanes of at least 4 members (excludes halogenated alkanes) is 3. The summed E-state index contributed by atoms with van der Waals surface area (Å²) in [7, 11) is 0. The van der Waals surface area contributed by atoms with Gasteiger partial charge in [-0.25, -0.2) is 4.79 Å². The molecule has 0 fully saturated rings. The van der Waals surface area contributed by atoms with E-state index in [9.17, 15) is 4.79 Å². The third kappa shape index (κ3) is 5.21. The molecule has 0 saturated heterocycles. The van der Waals surface area contributed by atoms with E-state index in [0.717, 1.165) is 12.8 Å². The Kier molecular flexibility index (Phi) is 6.92. The van der Waals surface area contributed by atoms with E-state index >= 15 is 0 Å². The van der Waals surface area contributed by atoms with Crippen molar-refractivity contribution in [2.45, 2.75) is 39.5 Å². The van der Waals surface area contributed by atoms with E-state index in [-0.39, 0.29) is 5.97 Å². The molecule has 1 aromatic carbocycles. The first-order valence-corrected chi connectivity index (χ1v) is 6.68. The van der Waals surface area contributed by atoms with Crippen molar-refractivity contribution in [3.63, 3.8) is 0 Å². The van der Waals surface area contributed by atoms with Gasteiger partial charge in [0.2, 0.25) is 0 Å². The molecule has 0 N–H and O–H groups in total. The van der Waals surface area contributed by atoms with Crippen LogP contribution in [0.25, 0.3) is 0 Å². The molecular formula is C15H22O3. The van der Waals surface area contributed by atoms with Gasteiger partial charge in [-0.1, -0.05) is 32.3 Å². The Morgan fingerprint density at radius 1 is 1.17 bits per heavy atom. The molecule has 0 atom stereocenters.